The van der Waals surface area contributed by atoms with Crippen LogP contribution >= 0.6 is 7.14 Å². The van der Waals surface area contributed by atoms with Gasteiger partial charge < -0.3 is 13.5 Å². The maximum Gasteiger partial charge on any atom is 0.258 e. The van der Waals surface area contributed by atoms with Gasteiger partial charge in [0, 0.05) is 16.4 Å². The molecule has 23 heavy (non-hydrogen) atoms. The fraction of sp³-hybridized carbons (Fsp3) is 0.294. The first-order chi connectivity index (χ1) is 10.9. The summed E-state index contributed by atoms with van der Waals surface area (Å²) in [6, 6.07) is 9.29. The Kier molecular flexibility index (Phi) is 3.99. The zero-order valence-corrected chi connectivity index (χ0v) is 14.5. The molecule has 0 spiro atoms. The largest absolute Gasteiger partial charge is 0.461 e. The van der Waals surface area contributed by atoms with E-state index in [1.807, 2.05) is 30.3 Å². The van der Waals surface area contributed by atoms with Gasteiger partial charge in [-0.25, -0.2) is 0 Å². The van der Waals surface area contributed by atoms with Gasteiger partial charge in [-0.05, 0) is 37.4 Å². The van der Waals surface area contributed by atoms with Crippen molar-refractivity contribution in [3.05, 3.63) is 42.2 Å². The van der Waals surface area contributed by atoms with Crippen molar-refractivity contribution in [2.45, 2.75) is 19.8 Å². The lowest BCUT2D eigenvalue weighted by Gasteiger charge is -2.06. The molecule has 3 rings (SSSR count). The molecule has 0 aliphatic heterocycles. The molecular formula is C17H19N2O3P. The van der Waals surface area contributed by atoms with E-state index < -0.39 is 7.14 Å². The van der Waals surface area contributed by atoms with E-state index in [0.717, 1.165) is 16.4 Å². The molecule has 6 heteroatoms. The van der Waals surface area contributed by atoms with Gasteiger partial charge in [-0.2, -0.15) is 4.98 Å². The molecule has 0 atom stereocenters. The van der Waals surface area contributed by atoms with Crippen LogP contribution in [-0.4, -0.2) is 23.5 Å². The molecule has 1 aromatic carbocycles. The summed E-state index contributed by atoms with van der Waals surface area (Å²) >= 11 is 0. The van der Waals surface area contributed by atoms with Crippen molar-refractivity contribution in [1.29, 1.82) is 0 Å². The Morgan fingerprint density at radius 3 is 2.39 bits per heavy atom. The molecule has 0 unspecified atom stereocenters. The summed E-state index contributed by atoms with van der Waals surface area (Å²) in [5.74, 6) is 1.81. The van der Waals surface area contributed by atoms with Gasteiger partial charge in [0.05, 0.1) is 6.26 Å². The third kappa shape index (κ3) is 3.15. The molecule has 0 amide bonds. The zero-order valence-electron chi connectivity index (χ0n) is 13.6. The van der Waals surface area contributed by atoms with Crippen LogP contribution in [0.1, 0.15) is 25.3 Å². The average Bonchev–Trinajstić information content (AvgIpc) is 3.15. The summed E-state index contributed by atoms with van der Waals surface area (Å²) in [6.45, 7) is 7.66. The lowest BCUT2D eigenvalue weighted by Crippen LogP contribution is -2.01. The number of furan rings is 1. The number of hydrogen-bond donors (Lipinski definition) is 0. The van der Waals surface area contributed by atoms with Crippen molar-refractivity contribution in [2.75, 3.05) is 13.3 Å². The molecule has 0 bridgehead atoms. The topological polar surface area (TPSA) is 69.1 Å². The smallest absolute Gasteiger partial charge is 0.258 e. The third-order valence-electron chi connectivity index (χ3n) is 3.68. The minimum atomic E-state index is -2.26. The van der Waals surface area contributed by atoms with Crippen LogP contribution in [0.5, 0.6) is 0 Å². The minimum Gasteiger partial charge on any atom is -0.461 e. The molecule has 0 N–H and O–H groups in total. The van der Waals surface area contributed by atoms with Crippen molar-refractivity contribution in [1.82, 2.24) is 10.1 Å². The van der Waals surface area contributed by atoms with Gasteiger partial charge >= 0.3 is 0 Å². The van der Waals surface area contributed by atoms with Crippen LogP contribution in [0.15, 0.2) is 45.5 Å². The Labute approximate surface area is 135 Å². The lowest BCUT2D eigenvalue weighted by molar-refractivity contribution is 0.429. The Hall–Kier alpha value is -2.13. The number of benzene rings is 1. The number of nitrogens with zero attached hydrogens (tertiary/aromatic N) is 2. The van der Waals surface area contributed by atoms with Gasteiger partial charge in [-0.3, -0.25) is 0 Å². The molecule has 0 aliphatic carbocycles. The molecule has 0 fully saturated rings. The summed E-state index contributed by atoms with van der Waals surface area (Å²) in [4.78, 5) is 4.42. The highest BCUT2D eigenvalue weighted by Gasteiger charge is 2.19. The Bertz CT molecular complexity index is 856. The molecule has 5 nitrogen and oxygen atoms in total. The number of hydrogen-bond acceptors (Lipinski definition) is 5. The first-order valence-corrected chi connectivity index (χ1v) is 10.0. The van der Waals surface area contributed by atoms with Gasteiger partial charge in [0.25, 0.3) is 5.89 Å². The highest BCUT2D eigenvalue weighted by Crippen LogP contribution is 2.35. The molecule has 120 valence electrons. The summed E-state index contributed by atoms with van der Waals surface area (Å²) in [5, 5.41) is 4.84. The highest BCUT2D eigenvalue weighted by atomic mass is 31.2. The Balaban J connectivity index is 1.93. The monoisotopic (exact) mass is 330 g/mol. The van der Waals surface area contributed by atoms with Crippen LogP contribution in [0, 0.1) is 0 Å². The molecule has 2 aromatic heterocycles. The summed E-state index contributed by atoms with van der Waals surface area (Å²) < 4.78 is 22.9. The van der Waals surface area contributed by atoms with E-state index in [4.69, 9.17) is 8.94 Å². The number of aromatic nitrogens is 2. The Morgan fingerprint density at radius 1 is 1.09 bits per heavy atom. The van der Waals surface area contributed by atoms with Crippen molar-refractivity contribution in [2.24, 2.45) is 0 Å². The SMILES string of the molecule is CC(C)c1ccoc1-c1noc(-c2ccc(P(C)(C)=O)cc2)n1. The maximum atomic E-state index is 12.1. The summed E-state index contributed by atoms with van der Waals surface area (Å²) in [6.07, 6.45) is 1.63. The summed E-state index contributed by atoms with van der Waals surface area (Å²) in [5.41, 5.74) is 1.84. The van der Waals surface area contributed by atoms with Crippen LogP contribution in [0.4, 0.5) is 0 Å². The van der Waals surface area contributed by atoms with Crippen LogP contribution in [0.25, 0.3) is 23.0 Å². The van der Waals surface area contributed by atoms with Crippen LogP contribution in [-0.2, 0) is 4.57 Å². The van der Waals surface area contributed by atoms with Gasteiger partial charge in [-0.15, -0.1) is 0 Å². The quantitative estimate of drug-likeness (QED) is 0.664. The standard InChI is InChI=1S/C17H19N2O3P/c1-11(2)14-9-10-21-15(14)16-18-17(22-19-16)12-5-7-13(8-6-12)23(3,4)20/h5-11H,1-4H3. The average molecular weight is 330 g/mol. The molecule has 2 heterocycles. The second kappa shape index (κ2) is 5.82. The van der Waals surface area contributed by atoms with Crippen molar-refractivity contribution >= 4 is 12.4 Å². The van der Waals surface area contributed by atoms with Crippen molar-refractivity contribution in [3.8, 4) is 23.0 Å². The predicted octanol–water partition coefficient (Wildman–Crippen LogP) is 4.37. The number of rotatable bonds is 4. The molecule has 0 aliphatic rings. The van der Waals surface area contributed by atoms with Gasteiger partial charge in [0.1, 0.15) is 7.14 Å². The van der Waals surface area contributed by atoms with E-state index in [1.54, 1.807) is 19.6 Å². The van der Waals surface area contributed by atoms with E-state index in [9.17, 15) is 4.57 Å². The van der Waals surface area contributed by atoms with Gasteiger partial charge in [0.15, 0.2) is 5.76 Å². The molecular weight excluding hydrogens is 311 g/mol. The van der Waals surface area contributed by atoms with E-state index in [2.05, 4.69) is 24.0 Å². The third-order valence-corrected chi connectivity index (χ3v) is 5.22. The van der Waals surface area contributed by atoms with Gasteiger partial charge in [0.2, 0.25) is 5.82 Å². The normalized spacial score (nSPS) is 12.0. The summed E-state index contributed by atoms with van der Waals surface area (Å²) in [7, 11) is -2.26. The molecule has 3 aromatic rings. The maximum absolute atomic E-state index is 12.1. The van der Waals surface area contributed by atoms with Gasteiger partial charge in [-0.1, -0.05) is 31.1 Å². The Morgan fingerprint density at radius 2 is 1.78 bits per heavy atom. The highest BCUT2D eigenvalue weighted by molar-refractivity contribution is 7.70. The second-order valence-corrected chi connectivity index (χ2v) is 9.40. The molecule has 0 saturated heterocycles. The first-order valence-electron chi connectivity index (χ1n) is 7.43. The second-order valence-electron chi connectivity index (χ2n) is 6.18. The van der Waals surface area contributed by atoms with Crippen LogP contribution < -0.4 is 5.30 Å². The predicted molar refractivity (Wildman–Crippen MR) is 90.6 cm³/mol. The molecule has 0 radical (unpaired) electrons. The van der Waals surface area contributed by atoms with E-state index >= 15 is 0 Å². The fourth-order valence-electron chi connectivity index (χ4n) is 2.35. The van der Waals surface area contributed by atoms with Crippen LogP contribution in [0.3, 0.4) is 0 Å². The van der Waals surface area contributed by atoms with E-state index in [1.165, 1.54) is 0 Å². The van der Waals surface area contributed by atoms with E-state index in [0.29, 0.717) is 23.4 Å². The van der Waals surface area contributed by atoms with E-state index in [-0.39, 0.29) is 0 Å². The lowest BCUT2D eigenvalue weighted by atomic mass is 10.0. The zero-order chi connectivity index (χ0) is 16.6. The molecule has 0 saturated carbocycles. The van der Waals surface area contributed by atoms with Crippen LogP contribution in [0.2, 0.25) is 0 Å². The fourth-order valence-corrected chi connectivity index (χ4v) is 3.22. The van der Waals surface area contributed by atoms with Crippen molar-refractivity contribution < 1.29 is 13.5 Å². The van der Waals surface area contributed by atoms with Crippen molar-refractivity contribution in [3.63, 3.8) is 0 Å². The minimum absolute atomic E-state index is 0.313. The first kappa shape index (κ1) is 15.8.